The normalized spacial score (nSPS) is 11.2. The lowest BCUT2D eigenvalue weighted by Crippen LogP contribution is -2.27. The Balaban J connectivity index is 2.76. The SMILES string of the molecule is CC(C)CN(C)c1cnccc1CNC(C)C. The first kappa shape index (κ1) is 14.0. The molecular weight excluding hydrogens is 210 g/mol. The summed E-state index contributed by atoms with van der Waals surface area (Å²) in [6.45, 7) is 10.8. The summed E-state index contributed by atoms with van der Waals surface area (Å²) in [5.41, 5.74) is 2.55. The van der Waals surface area contributed by atoms with Crippen molar-refractivity contribution < 1.29 is 0 Å². The highest BCUT2D eigenvalue weighted by molar-refractivity contribution is 5.51. The molecule has 0 aliphatic rings. The van der Waals surface area contributed by atoms with Gasteiger partial charge in [0.1, 0.15) is 0 Å². The van der Waals surface area contributed by atoms with Crippen molar-refractivity contribution in [2.45, 2.75) is 40.3 Å². The Labute approximate surface area is 105 Å². The number of rotatable bonds is 6. The van der Waals surface area contributed by atoms with Crippen LogP contribution in [-0.4, -0.2) is 24.6 Å². The standard InChI is InChI=1S/C14H25N3/c1-11(2)10-17(5)14-9-15-7-6-13(14)8-16-12(3)4/h6-7,9,11-12,16H,8,10H2,1-5H3. The predicted molar refractivity (Wildman–Crippen MR) is 74.3 cm³/mol. The van der Waals surface area contributed by atoms with E-state index in [0.717, 1.165) is 13.1 Å². The van der Waals surface area contributed by atoms with Crippen molar-refractivity contribution in [2.24, 2.45) is 5.92 Å². The third-order valence-corrected chi connectivity index (χ3v) is 2.64. The number of pyridine rings is 1. The molecular formula is C14H25N3. The number of nitrogens with zero attached hydrogens (tertiary/aromatic N) is 2. The summed E-state index contributed by atoms with van der Waals surface area (Å²) in [4.78, 5) is 6.52. The average Bonchev–Trinajstić information content (AvgIpc) is 2.25. The van der Waals surface area contributed by atoms with Crippen LogP contribution in [0.2, 0.25) is 0 Å². The van der Waals surface area contributed by atoms with Crippen LogP contribution >= 0.6 is 0 Å². The minimum absolute atomic E-state index is 0.506. The maximum atomic E-state index is 4.23. The van der Waals surface area contributed by atoms with E-state index in [1.165, 1.54) is 11.3 Å². The summed E-state index contributed by atoms with van der Waals surface area (Å²) in [7, 11) is 2.13. The molecule has 0 aliphatic carbocycles. The van der Waals surface area contributed by atoms with Crippen LogP contribution < -0.4 is 10.2 Å². The van der Waals surface area contributed by atoms with Gasteiger partial charge in [0.25, 0.3) is 0 Å². The molecule has 1 aromatic heterocycles. The zero-order chi connectivity index (χ0) is 12.8. The van der Waals surface area contributed by atoms with Crippen LogP contribution in [0.5, 0.6) is 0 Å². The Morgan fingerprint density at radius 2 is 2.00 bits per heavy atom. The van der Waals surface area contributed by atoms with Gasteiger partial charge in [-0.05, 0) is 17.5 Å². The average molecular weight is 235 g/mol. The number of hydrogen-bond acceptors (Lipinski definition) is 3. The molecule has 0 radical (unpaired) electrons. The van der Waals surface area contributed by atoms with Crippen molar-refractivity contribution in [1.82, 2.24) is 10.3 Å². The lowest BCUT2D eigenvalue weighted by Gasteiger charge is -2.24. The molecule has 0 fully saturated rings. The molecule has 0 amide bonds. The number of hydrogen-bond donors (Lipinski definition) is 1. The lowest BCUT2D eigenvalue weighted by molar-refractivity contribution is 0.585. The van der Waals surface area contributed by atoms with Crippen LogP contribution in [0.3, 0.4) is 0 Å². The van der Waals surface area contributed by atoms with Gasteiger partial charge in [-0.25, -0.2) is 0 Å². The van der Waals surface area contributed by atoms with Crippen molar-refractivity contribution >= 4 is 5.69 Å². The Bertz CT molecular complexity index is 334. The molecule has 0 saturated heterocycles. The fourth-order valence-electron chi connectivity index (χ4n) is 1.87. The minimum atomic E-state index is 0.506. The fraction of sp³-hybridized carbons (Fsp3) is 0.643. The third-order valence-electron chi connectivity index (χ3n) is 2.64. The summed E-state index contributed by atoms with van der Waals surface area (Å²) in [6.07, 6.45) is 3.82. The Hall–Kier alpha value is -1.09. The molecule has 0 atom stereocenters. The van der Waals surface area contributed by atoms with E-state index in [9.17, 15) is 0 Å². The van der Waals surface area contributed by atoms with Gasteiger partial charge in [-0.2, -0.15) is 0 Å². The first-order chi connectivity index (χ1) is 8.00. The van der Waals surface area contributed by atoms with Gasteiger partial charge < -0.3 is 10.2 Å². The molecule has 0 spiro atoms. The molecule has 96 valence electrons. The van der Waals surface area contributed by atoms with Crippen LogP contribution in [0.15, 0.2) is 18.5 Å². The van der Waals surface area contributed by atoms with Gasteiger partial charge in [-0.15, -0.1) is 0 Å². The molecule has 1 rings (SSSR count). The van der Waals surface area contributed by atoms with E-state index in [0.29, 0.717) is 12.0 Å². The summed E-state index contributed by atoms with van der Waals surface area (Å²) in [6, 6.07) is 2.60. The third kappa shape index (κ3) is 4.73. The lowest BCUT2D eigenvalue weighted by atomic mass is 10.1. The van der Waals surface area contributed by atoms with Crippen molar-refractivity contribution in [3.8, 4) is 0 Å². The summed E-state index contributed by atoms with van der Waals surface area (Å²) in [5, 5.41) is 3.46. The van der Waals surface area contributed by atoms with Crippen LogP contribution in [0.1, 0.15) is 33.3 Å². The van der Waals surface area contributed by atoms with Gasteiger partial charge in [0.05, 0.1) is 11.9 Å². The van der Waals surface area contributed by atoms with E-state index in [1.54, 1.807) is 0 Å². The Morgan fingerprint density at radius 3 is 2.59 bits per heavy atom. The highest BCUT2D eigenvalue weighted by Gasteiger charge is 2.09. The van der Waals surface area contributed by atoms with Crippen LogP contribution in [0.4, 0.5) is 5.69 Å². The second-order valence-corrected chi connectivity index (χ2v) is 5.31. The zero-order valence-corrected chi connectivity index (χ0v) is 11.7. The molecule has 1 aromatic rings. The number of aromatic nitrogens is 1. The molecule has 0 saturated carbocycles. The summed E-state index contributed by atoms with van der Waals surface area (Å²) in [5.74, 6) is 0.658. The molecule has 0 unspecified atom stereocenters. The van der Waals surface area contributed by atoms with Crippen molar-refractivity contribution in [3.05, 3.63) is 24.0 Å². The molecule has 3 heteroatoms. The maximum absolute atomic E-state index is 4.23. The molecule has 3 nitrogen and oxygen atoms in total. The van der Waals surface area contributed by atoms with Gasteiger partial charge in [0.15, 0.2) is 0 Å². The predicted octanol–water partition coefficient (Wildman–Crippen LogP) is 2.67. The highest BCUT2D eigenvalue weighted by atomic mass is 15.1. The minimum Gasteiger partial charge on any atom is -0.373 e. The van der Waals surface area contributed by atoms with Crippen molar-refractivity contribution in [3.63, 3.8) is 0 Å². The first-order valence-electron chi connectivity index (χ1n) is 6.38. The van der Waals surface area contributed by atoms with E-state index in [4.69, 9.17) is 0 Å². The van der Waals surface area contributed by atoms with E-state index in [-0.39, 0.29) is 0 Å². The molecule has 0 bridgehead atoms. The van der Waals surface area contributed by atoms with E-state index in [2.05, 4.69) is 56.0 Å². The number of anilines is 1. The summed E-state index contributed by atoms with van der Waals surface area (Å²) < 4.78 is 0. The first-order valence-corrected chi connectivity index (χ1v) is 6.38. The van der Waals surface area contributed by atoms with Crippen LogP contribution in [-0.2, 0) is 6.54 Å². The molecule has 1 N–H and O–H groups in total. The quantitative estimate of drug-likeness (QED) is 0.821. The van der Waals surface area contributed by atoms with Gasteiger partial charge in [-0.1, -0.05) is 27.7 Å². The van der Waals surface area contributed by atoms with Crippen molar-refractivity contribution in [1.29, 1.82) is 0 Å². The van der Waals surface area contributed by atoms with Gasteiger partial charge in [-0.3, -0.25) is 4.98 Å². The van der Waals surface area contributed by atoms with E-state index < -0.39 is 0 Å². The Morgan fingerprint density at radius 1 is 1.29 bits per heavy atom. The highest BCUT2D eigenvalue weighted by Crippen LogP contribution is 2.18. The smallest absolute Gasteiger partial charge is 0.0595 e. The van der Waals surface area contributed by atoms with Gasteiger partial charge >= 0.3 is 0 Å². The zero-order valence-electron chi connectivity index (χ0n) is 11.7. The van der Waals surface area contributed by atoms with Gasteiger partial charge in [0, 0.05) is 32.4 Å². The van der Waals surface area contributed by atoms with E-state index >= 15 is 0 Å². The van der Waals surface area contributed by atoms with Crippen LogP contribution in [0.25, 0.3) is 0 Å². The second kappa shape index (κ2) is 6.60. The number of nitrogens with one attached hydrogen (secondary N) is 1. The summed E-state index contributed by atoms with van der Waals surface area (Å²) >= 11 is 0. The topological polar surface area (TPSA) is 28.2 Å². The van der Waals surface area contributed by atoms with E-state index in [1.807, 2.05) is 12.4 Å². The van der Waals surface area contributed by atoms with Gasteiger partial charge in [0.2, 0.25) is 0 Å². The fourth-order valence-corrected chi connectivity index (χ4v) is 1.87. The van der Waals surface area contributed by atoms with Crippen molar-refractivity contribution in [2.75, 3.05) is 18.5 Å². The monoisotopic (exact) mass is 235 g/mol. The molecule has 0 aromatic carbocycles. The molecule has 17 heavy (non-hydrogen) atoms. The van der Waals surface area contributed by atoms with Crippen LogP contribution in [0, 0.1) is 5.92 Å². The largest absolute Gasteiger partial charge is 0.373 e. The molecule has 0 aliphatic heterocycles. The molecule has 1 heterocycles. The second-order valence-electron chi connectivity index (χ2n) is 5.31. The maximum Gasteiger partial charge on any atom is 0.0595 e. The Kier molecular flexibility index (Phi) is 5.42.